The molecule has 0 aromatic heterocycles. The van der Waals surface area contributed by atoms with Crippen molar-refractivity contribution in [1.82, 2.24) is 0 Å². The maximum Gasteiger partial charge on any atom is 0.118 e. The molecule has 101 valence electrons. The largest absolute Gasteiger partial charge is 0.378 e. The molecule has 1 radical (unpaired) electrons. The second kappa shape index (κ2) is 7.13. The van der Waals surface area contributed by atoms with Gasteiger partial charge in [-0.2, -0.15) is 30.3 Å². The van der Waals surface area contributed by atoms with Gasteiger partial charge in [-0.1, -0.05) is 60.7 Å². The summed E-state index contributed by atoms with van der Waals surface area (Å²) >= 11 is 0. The van der Waals surface area contributed by atoms with E-state index in [1.165, 1.54) is 0 Å². The molecule has 0 aliphatic heterocycles. The molecule has 0 aliphatic carbocycles. The molecule has 0 amide bonds. The first-order chi connectivity index (χ1) is 9.82. The molecule has 0 aliphatic rings. The minimum atomic E-state index is -1.18. The van der Waals surface area contributed by atoms with E-state index in [1.807, 2.05) is 84.9 Å². The number of benzene rings is 3. The molecule has 3 aromatic carbocycles. The number of hydrogen-bond donors (Lipinski definition) is 1. The van der Waals surface area contributed by atoms with E-state index in [9.17, 15) is 5.11 Å². The molecule has 0 saturated carbocycles. The van der Waals surface area contributed by atoms with E-state index < -0.39 is 5.60 Å². The van der Waals surface area contributed by atoms with Gasteiger partial charge in [0.1, 0.15) is 5.60 Å². The Bertz CT molecular complexity index is 569. The Morgan fingerprint density at radius 1 is 0.667 bits per heavy atom. The van der Waals surface area contributed by atoms with Crippen molar-refractivity contribution in [2.45, 2.75) is 5.60 Å². The van der Waals surface area contributed by atoms with Gasteiger partial charge in [-0.3, -0.25) is 0 Å². The van der Waals surface area contributed by atoms with Crippen molar-refractivity contribution in [3.63, 3.8) is 0 Å². The van der Waals surface area contributed by atoms with Crippen LogP contribution < -0.4 is 0 Å². The Hall–Kier alpha value is -1.28. The third-order valence-electron chi connectivity index (χ3n) is 3.48. The standard InChI is InChI=1S/C19H15O.Y/c20-19(16-10-4-1-5-11-16,17-12-6-2-7-13-17)18-14-8-3-9-15-18;/h1-14,20H;/q-1;. The number of aliphatic hydroxyl groups is 1. The molecule has 0 atom stereocenters. The molecule has 0 bridgehead atoms. The fraction of sp³-hybridized carbons (Fsp3) is 0.0526. The van der Waals surface area contributed by atoms with Gasteiger partial charge in [0, 0.05) is 32.7 Å². The smallest absolute Gasteiger partial charge is 0.118 e. The van der Waals surface area contributed by atoms with Crippen LogP contribution in [0.1, 0.15) is 16.7 Å². The molecule has 0 saturated heterocycles. The maximum absolute atomic E-state index is 11.4. The number of rotatable bonds is 3. The van der Waals surface area contributed by atoms with Gasteiger partial charge in [0.25, 0.3) is 0 Å². The van der Waals surface area contributed by atoms with Crippen molar-refractivity contribution in [3.8, 4) is 0 Å². The summed E-state index contributed by atoms with van der Waals surface area (Å²) in [7, 11) is 0. The van der Waals surface area contributed by atoms with Crippen molar-refractivity contribution in [1.29, 1.82) is 0 Å². The number of hydrogen-bond acceptors (Lipinski definition) is 1. The Morgan fingerprint density at radius 3 is 1.57 bits per heavy atom. The average molecular weight is 348 g/mol. The zero-order chi connectivity index (χ0) is 13.8. The van der Waals surface area contributed by atoms with Crippen LogP contribution in [0.5, 0.6) is 0 Å². The Kier molecular flexibility index (Phi) is 5.47. The molecule has 0 fully saturated rings. The molecule has 3 rings (SSSR count). The summed E-state index contributed by atoms with van der Waals surface area (Å²) in [5.74, 6) is 0. The first-order valence-corrected chi connectivity index (χ1v) is 6.62. The van der Waals surface area contributed by atoms with E-state index in [1.54, 1.807) is 0 Å². The molecule has 0 spiro atoms. The molecule has 21 heavy (non-hydrogen) atoms. The molecular formula is C19H15OY-. The average Bonchev–Trinajstić information content (AvgIpc) is 2.56. The summed E-state index contributed by atoms with van der Waals surface area (Å²) in [4.78, 5) is 0. The van der Waals surface area contributed by atoms with Crippen LogP contribution in [-0.4, -0.2) is 5.11 Å². The van der Waals surface area contributed by atoms with Gasteiger partial charge < -0.3 is 5.11 Å². The minimum absolute atomic E-state index is 0. The topological polar surface area (TPSA) is 20.2 Å². The van der Waals surface area contributed by atoms with Crippen LogP contribution in [0.25, 0.3) is 0 Å². The molecule has 2 heteroatoms. The van der Waals surface area contributed by atoms with E-state index in [-0.39, 0.29) is 32.7 Å². The monoisotopic (exact) mass is 348 g/mol. The van der Waals surface area contributed by atoms with Crippen LogP contribution in [0.3, 0.4) is 0 Å². The van der Waals surface area contributed by atoms with Gasteiger partial charge in [-0.05, 0) is 11.1 Å². The van der Waals surface area contributed by atoms with E-state index in [4.69, 9.17) is 0 Å². The van der Waals surface area contributed by atoms with Gasteiger partial charge in [0.2, 0.25) is 0 Å². The summed E-state index contributed by atoms with van der Waals surface area (Å²) in [5, 5.41) is 11.4. The Balaban J connectivity index is 0.00000161. The Morgan fingerprint density at radius 2 is 1.14 bits per heavy atom. The second-order valence-corrected chi connectivity index (χ2v) is 4.72. The third-order valence-corrected chi connectivity index (χ3v) is 3.48. The van der Waals surface area contributed by atoms with Crippen molar-refractivity contribution in [3.05, 3.63) is 108 Å². The predicted octanol–water partition coefficient (Wildman–Crippen LogP) is 3.77. The van der Waals surface area contributed by atoms with Crippen LogP contribution in [0.4, 0.5) is 0 Å². The van der Waals surface area contributed by atoms with Crippen LogP contribution in [-0.2, 0) is 38.3 Å². The van der Waals surface area contributed by atoms with Crippen LogP contribution in [0.15, 0.2) is 84.9 Å². The molecule has 0 heterocycles. The van der Waals surface area contributed by atoms with E-state index in [0.29, 0.717) is 0 Å². The van der Waals surface area contributed by atoms with Crippen molar-refractivity contribution in [2.75, 3.05) is 0 Å². The SMILES string of the molecule is OC(c1[c-]cccc1)(c1ccccc1)c1ccccc1.[Y]. The summed E-state index contributed by atoms with van der Waals surface area (Å²) < 4.78 is 0. The predicted molar refractivity (Wildman–Crippen MR) is 80.3 cm³/mol. The van der Waals surface area contributed by atoms with E-state index in [2.05, 4.69) is 6.07 Å². The minimum Gasteiger partial charge on any atom is -0.378 e. The zero-order valence-corrected chi connectivity index (χ0v) is 14.4. The Labute approximate surface area is 150 Å². The van der Waals surface area contributed by atoms with Crippen molar-refractivity contribution >= 4 is 0 Å². The van der Waals surface area contributed by atoms with E-state index in [0.717, 1.165) is 16.7 Å². The molecule has 1 N–H and O–H groups in total. The fourth-order valence-corrected chi connectivity index (χ4v) is 2.45. The molecule has 1 nitrogen and oxygen atoms in total. The molecule has 0 unspecified atom stereocenters. The normalized spacial score (nSPS) is 10.7. The van der Waals surface area contributed by atoms with Crippen LogP contribution >= 0.6 is 0 Å². The van der Waals surface area contributed by atoms with Gasteiger partial charge in [-0.25, -0.2) is 0 Å². The van der Waals surface area contributed by atoms with Gasteiger partial charge >= 0.3 is 0 Å². The second-order valence-electron chi connectivity index (χ2n) is 4.72. The molecule has 3 aromatic rings. The maximum atomic E-state index is 11.4. The quantitative estimate of drug-likeness (QED) is 0.564. The third kappa shape index (κ3) is 3.16. The summed E-state index contributed by atoms with van der Waals surface area (Å²) in [6.07, 6.45) is 0. The fourth-order valence-electron chi connectivity index (χ4n) is 2.45. The van der Waals surface area contributed by atoms with Gasteiger partial charge in [0.05, 0.1) is 0 Å². The zero-order valence-electron chi connectivity index (χ0n) is 11.6. The van der Waals surface area contributed by atoms with Gasteiger partial charge in [0.15, 0.2) is 0 Å². The van der Waals surface area contributed by atoms with Crippen molar-refractivity contribution < 1.29 is 37.8 Å². The van der Waals surface area contributed by atoms with Gasteiger partial charge in [-0.15, -0.1) is 5.56 Å². The first-order valence-electron chi connectivity index (χ1n) is 6.62. The van der Waals surface area contributed by atoms with Crippen molar-refractivity contribution in [2.24, 2.45) is 0 Å². The van der Waals surface area contributed by atoms with Crippen LogP contribution in [0.2, 0.25) is 0 Å². The summed E-state index contributed by atoms with van der Waals surface area (Å²) in [6.45, 7) is 0. The summed E-state index contributed by atoms with van der Waals surface area (Å²) in [6, 6.07) is 30.1. The first kappa shape index (κ1) is 16.1. The summed E-state index contributed by atoms with van der Waals surface area (Å²) in [5.41, 5.74) is 1.25. The molecular weight excluding hydrogens is 333 g/mol. The van der Waals surface area contributed by atoms with Crippen LogP contribution in [0, 0.1) is 6.07 Å². The van der Waals surface area contributed by atoms with E-state index >= 15 is 0 Å².